The first-order chi connectivity index (χ1) is 16.2. The van der Waals surface area contributed by atoms with E-state index in [2.05, 4.69) is 13.8 Å². The minimum Gasteiger partial charge on any atom is -0.338 e. The molecule has 0 N–H and O–H groups in total. The fourth-order valence-corrected chi connectivity index (χ4v) is 6.30. The Kier molecular flexibility index (Phi) is 7.09. The molecule has 2 aromatic rings. The minimum atomic E-state index is -3.74. The SMILES string of the molecule is Cc1ccc(S(=O)(=O)N2CCC[C@H]2C(=O)N2CCN(C(=O)c3ccc(C(C)C)cc3)CC2)cc1. The molecule has 2 aromatic carbocycles. The molecule has 0 unspecified atom stereocenters. The molecule has 0 bridgehead atoms. The zero-order valence-electron chi connectivity index (χ0n) is 20.1. The maximum Gasteiger partial charge on any atom is 0.253 e. The molecule has 2 amide bonds. The van der Waals surface area contributed by atoms with Crippen molar-refractivity contribution < 1.29 is 18.0 Å². The van der Waals surface area contributed by atoms with Gasteiger partial charge in [0, 0.05) is 38.3 Å². The maximum atomic E-state index is 13.3. The van der Waals surface area contributed by atoms with Crippen molar-refractivity contribution in [1.82, 2.24) is 14.1 Å². The fraction of sp³-hybridized carbons (Fsp3) is 0.462. The Morgan fingerprint density at radius 3 is 2.03 bits per heavy atom. The Morgan fingerprint density at radius 2 is 1.44 bits per heavy atom. The van der Waals surface area contributed by atoms with Crippen LogP contribution in [0.5, 0.6) is 0 Å². The summed E-state index contributed by atoms with van der Waals surface area (Å²) < 4.78 is 27.8. The van der Waals surface area contributed by atoms with Crippen molar-refractivity contribution in [2.75, 3.05) is 32.7 Å². The summed E-state index contributed by atoms with van der Waals surface area (Å²) in [5.74, 6) is 0.206. The van der Waals surface area contributed by atoms with Gasteiger partial charge in [0.1, 0.15) is 6.04 Å². The van der Waals surface area contributed by atoms with Crippen molar-refractivity contribution >= 4 is 21.8 Å². The lowest BCUT2D eigenvalue weighted by Crippen LogP contribution is -2.55. The van der Waals surface area contributed by atoms with Crippen molar-refractivity contribution in [1.29, 1.82) is 0 Å². The number of sulfonamides is 1. The predicted molar refractivity (Wildman–Crippen MR) is 131 cm³/mol. The van der Waals surface area contributed by atoms with Crippen LogP contribution in [-0.4, -0.2) is 73.1 Å². The van der Waals surface area contributed by atoms with Gasteiger partial charge in [0.2, 0.25) is 15.9 Å². The largest absolute Gasteiger partial charge is 0.338 e. The molecule has 0 radical (unpaired) electrons. The number of rotatable bonds is 5. The molecule has 4 rings (SSSR count). The van der Waals surface area contributed by atoms with Crippen molar-refractivity contribution in [3.63, 3.8) is 0 Å². The van der Waals surface area contributed by atoms with Crippen molar-refractivity contribution in [2.45, 2.75) is 50.5 Å². The molecule has 2 fully saturated rings. The van der Waals surface area contributed by atoms with E-state index in [0.29, 0.717) is 57.0 Å². The van der Waals surface area contributed by atoms with Gasteiger partial charge in [0.25, 0.3) is 5.91 Å². The lowest BCUT2D eigenvalue weighted by Gasteiger charge is -2.37. The van der Waals surface area contributed by atoms with Crippen LogP contribution in [0.2, 0.25) is 0 Å². The first-order valence-electron chi connectivity index (χ1n) is 11.9. The molecule has 8 heteroatoms. The lowest BCUT2D eigenvalue weighted by atomic mass is 10.0. The molecule has 182 valence electrons. The molecule has 0 aromatic heterocycles. The van der Waals surface area contributed by atoms with E-state index in [9.17, 15) is 18.0 Å². The van der Waals surface area contributed by atoms with Gasteiger partial charge in [-0.25, -0.2) is 8.42 Å². The number of aryl methyl sites for hydroxylation is 1. The number of piperazine rings is 1. The number of benzene rings is 2. The van der Waals surface area contributed by atoms with Gasteiger partial charge in [-0.2, -0.15) is 4.31 Å². The summed E-state index contributed by atoms with van der Waals surface area (Å²) in [6, 6.07) is 13.8. The zero-order valence-corrected chi connectivity index (χ0v) is 20.9. The molecule has 2 aliphatic heterocycles. The van der Waals surface area contributed by atoms with Crippen LogP contribution in [0.1, 0.15) is 54.1 Å². The minimum absolute atomic E-state index is 0.0353. The highest BCUT2D eigenvalue weighted by molar-refractivity contribution is 7.89. The molecule has 2 saturated heterocycles. The van der Waals surface area contributed by atoms with Crippen molar-refractivity contribution in [3.8, 4) is 0 Å². The zero-order chi connectivity index (χ0) is 24.5. The summed E-state index contributed by atoms with van der Waals surface area (Å²) in [5, 5.41) is 0. The van der Waals surface area contributed by atoms with Crippen LogP contribution in [0, 0.1) is 6.92 Å². The van der Waals surface area contributed by atoms with Gasteiger partial charge in [-0.15, -0.1) is 0 Å². The van der Waals surface area contributed by atoms with Gasteiger partial charge in [-0.05, 0) is 55.5 Å². The van der Waals surface area contributed by atoms with E-state index in [4.69, 9.17) is 0 Å². The molecule has 2 aliphatic rings. The highest BCUT2D eigenvalue weighted by Crippen LogP contribution is 2.28. The Hall–Kier alpha value is -2.71. The van der Waals surface area contributed by atoms with Crippen LogP contribution >= 0.6 is 0 Å². The second-order valence-electron chi connectivity index (χ2n) is 9.48. The van der Waals surface area contributed by atoms with Gasteiger partial charge >= 0.3 is 0 Å². The Balaban J connectivity index is 1.39. The van der Waals surface area contributed by atoms with Crippen LogP contribution in [0.25, 0.3) is 0 Å². The van der Waals surface area contributed by atoms with Crippen LogP contribution < -0.4 is 0 Å². The summed E-state index contributed by atoms with van der Waals surface area (Å²) in [6.07, 6.45) is 1.18. The molecular weight excluding hydrogens is 450 g/mol. The van der Waals surface area contributed by atoms with E-state index in [1.54, 1.807) is 34.1 Å². The van der Waals surface area contributed by atoms with Gasteiger partial charge in [0.15, 0.2) is 0 Å². The van der Waals surface area contributed by atoms with Crippen molar-refractivity contribution in [3.05, 3.63) is 65.2 Å². The predicted octanol–water partition coefficient (Wildman–Crippen LogP) is 3.26. The number of amides is 2. The van der Waals surface area contributed by atoms with Crippen molar-refractivity contribution in [2.24, 2.45) is 0 Å². The quantitative estimate of drug-likeness (QED) is 0.654. The molecule has 0 aliphatic carbocycles. The summed E-state index contributed by atoms with van der Waals surface area (Å²) in [4.78, 5) is 29.9. The van der Waals surface area contributed by atoms with Gasteiger partial charge in [-0.3, -0.25) is 9.59 Å². The second-order valence-corrected chi connectivity index (χ2v) is 11.4. The molecule has 2 heterocycles. The van der Waals surface area contributed by atoms with E-state index in [1.165, 1.54) is 9.87 Å². The highest BCUT2D eigenvalue weighted by atomic mass is 32.2. The first kappa shape index (κ1) is 24.4. The average Bonchev–Trinajstić information content (AvgIpc) is 3.34. The standard InChI is InChI=1S/C26H33N3O4S/c1-19(2)21-8-10-22(11-9-21)25(30)27-15-17-28(18-16-27)26(31)24-5-4-14-29(24)34(32,33)23-12-6-20(3)7-13-23/h6-13,19,24H,4-5,14-18H2,1-3H3/t24-/m0/s1. The number of nitrogens with zero attached hydrogens (tertiary/aromatic N) is 3. The van der Waals surface area contributed by atoms with Crippen LogP contribution in [0.3, 0.4) is 0 Å². The van der Waals surface area contributed by atoms with Gasteiger partial charge < -0.3 is 9.80 Å². The number of hydrogen-bond acceptors (Lipinski definition) is 4. The normalized spacial score (nSPS) is 19.6. The van der Waals surface area contributed by atoms with E-state index < -0.39 is 16.1 Å². The molecule has 1 atom stereocenters. The van der Waals surface area contributed by atoms with E-state index >= 15 is 0 Å². The summed E-state index contributed by atoms with van der Waals surface area (Å²) >= 11 is 0. The van der Waals surface area contributed by atoms with Crippen LogP contribution in [-0.2, 0) is 14.8 Å². The molecule has 0 spiro atoms. The first-order valence-corrected chi connectivity index (χ1v) is 13.4. The van der Waals surface area contributed by atoms with Crippen LogP contribution in [0.4, 0.5) is 0 Å². The molecule has 0 saturated carbocycles. The summed E-state index contributed by atoms with van der Waals surface area (Å²) in [5.41, 5.74) is 2.82. The topological polar surface area (TPSA) is 78.0 Å². The third-order valence-corrected chi connectivity index (χ3v) is 8.74. The monoisotopic (exact) mass is 483 g/mol. The van der Waals surface area contributed by atoms with E-state index in [0.717, 1.165) is 5.56 Å². The molecule has 7 nitrogen and oxygen atoms in total. The van der Waals surface area contributed by atoms with Crippen LogP contribution in [0.15, 0.2) is 53.4 Å². The Bertz CT molecular complexity index is 1140. The summed E-state index contributed by atoms with van der Waals surface area (Å²) in [6.45, 7) is 8.17. The van der Waals surface area contributed by atoms with Gasteiger partial charge in [-0.1, -0.05) is 43.7 Å². The second kappa shape index (κ2) is 9.88. The highest BCUT2D eigenvalue weighted by Gasteiger charge is 2.41. The third-order valence-electron chi connectivity index (χ3n) is 6.82. The smallest absolute Gasteiger partial charge is 0.253 e. The van der Waals surface area contributed by atoms with E-state index in [-0.39, 0.29) is 16.7 Å². The maximum absolute atomic E-state index is 13.3. The van der Waals surface area contributed by atoms with Gasteiger partial charge in [0.05, 0.1) is 4.90 Å². The third kappa shape index (κ3) is 4.88. The fourth-order valence-electron chi connectivity index (χ4n) is 4.65. The summed E-state index contributed by atoms with van der Waals surface area (Å²) in [7, 11) is -3.74. The lowest BCUT2D eigenvalue weighted by molar-refractivity contribution is -0.136. The number of carbonyl (C=O) groups excluding carboxylic acids is 2. The molecular formula is C26H33N3O4S. The Morgan fingerprint density at radius 1 is 0.853 bits per heavy atom. The number of hydrogen-bond donors (Lipinski definition) is 0. The molecule has 34 heavy (non-hydrogen) atoms. The Labute approximate surface area is 202 Å². The number of carbonyl (C=O) groups is 2. The van der Waals surface area contributed by atoms with E-state index in [1.807, 2.05) is 31.2 Å². The average molecular weight is 484 g/mol.